The van der Waals surface area contributed by atoms with Crippen molar-refractivity contribution in [3.63, 3.8) is 0 Å². The monoisotopic (exact) mass is 379 g/mol. The van der Waals surface area contributed by atoms with Crippen molar-refractivity contribution in [2.45, 2.75) is 13.3 Å². The van der Waals surface area contributed by atoms with Gasteiger partial charge >= 0.3 is 0 Å². The summed E-state index contributed by atoms with van der Waals surface area (Å²) in [6.07, 6.45) is 5.21. The van der Waals surface area contributed by atoms with Crippen LogP contribution in [-0.4, -0.2) is 11.8 Å². The van der Waals surface area contributed by atoms with Gasteiger partial charge in [-0.25, -0.2) is 4.90 Å². The van der Waals surface area contributed by atoms with Crippen molar-refractivity contribution in [2.24, 2.45) is 23.2 Å². The van der Waals surface area contributed by atoms with Crippen LogP contribution in [0, 0.1) is 26.7 Å². The second kappa shape index (κ2) is 3.93. The van der Waals surface area contributed by atoms with Crippen molar-refractivity contribution in [1.82, 2.24) is 0 Å². The lowest BCUT2D eigenvalue weighted by atomic mass is 9.71. The molecule has 3 nitrogen and oxygen atoms in total. The van der Waals surface area contributed by atoms with Gasteiger partial charge in [0.15, 0.2) is 0 Å². The lowest BCUT2D eigenvalue weighted by Crippen LogP contribution is -2.37. The minimum atomic E-state index is -0.528. The van der Waals surface area contributed by atoms with Crippen LogP contribution in [0.15, 0.2) is 36.4 Å². The smallest absolute Gasteiger partial charge is 0.241 e. The molecule has 20 heavy (non-hydrogen) atoms. The van der Waals surface area contributed by atoms with E-state index in [1.165, 1.54) is 4.90 Å². The van der Waals surface area contributed by atoms with E-state index in [1.54, 1.807) is 0 Å². The van der Waals surface area contributed by atoms with E-state index in [0.29, 0.717) is 5.69 Å². The number of nitrogens with zero attached hydrogens (tertiary/aromatic N) is 1. The standard InChI is InChI=1S/C16H14INO2/c1-16-10-3-2-9(8-10)13(16)14(19)18(15(16)20)12-6-4-11(17)5-7-12/h2-7,9-10,13H,8H2,1H3/t9-,10-,13+,16+/m1/s1. The molecule has 0 spiro atoms. The summed E-state index contributed by atoms with van der Waals surface area (Å²) in [5, 5.41) is 0. The average molecular weight is 379 g/mol. The summed E-state index contributed by atoms with van der Waals surface area (Å²) in [5.41, 5.74) is 0.176. The van der Waals surface area contributed by atoms with E-state index in [9.17, 15) is 9.59 Å². The van der Waals surface area contributed by atoms with Crippen LogP contribution in [0.4, 0.5) is 5.69 Å². The summed E-state index contributed by atoms with van der Waals surface area (Å²) < 4.78 is 1.10. The largest absolute Gasteiger partial charge is 0.274 e. The zero-order valence-electron chi connectivity index (χ0n) is 11.0. The fourth-order valence-corrected chi connectivity index (χ4v) is 4.50. The van der Waals surface area contributed by atoms with E-state index in [-0.39, 0.29) is 29.6 Å². The Labute approximate surface area is 131 Å². The number of fused-ring (bicyclic) bond motifs is 5. The Balaban J connectivity index is 1.80. The molecule has 102 valence electrons. The molecule has 4 rings (SSSR count). The summed E-state index contributed by atoms with van der Waals surface area (Å²) in [6.45, 7) is 1.97. The number of allylic oxidation sites excluding steroid dienone is 2. The van der Waals surface area contributed by atoms with Gasteiger partial charge in [0.1, 0.15) is 0 Å². The van der Waals surface area contributed by atoms with Gasteiger partial charge in [-0.15, -0.1) is 0 Å². The molecule has 2 amide bonds. The van der Waals surface area contributed by atoms with Crippen LogP contribution in [0.3, 0.4) is 0 Å². The van der Waals surface area contributed by atoms with Crippen LogP contribution in [0.2, 0.25) is 0 Å². The maximum Gasteiger partial charge on any atom is 0.241 e. The number of imide groups is 1. The number of carbonyl (C=O) groups excluding carboxylic acids is 2. The summed E-state index contributed by atoms with van der Waals surface area (Å²) in [7, 11) is 0. The number of hydrogen-bond donors (Lipinski definition) is 0. The molecular formula is C16H14INO2. The molecule has 3 aliphatic rings. The van der Waals surface area contributed by atoms with Crippen molar-refractivity contribution in [2.75, 3.05) is 4.90 Å². The highest BCUT2D eigenvalue weighted by Crippen LogP contribution is 2.60. The second-order valence-corrected chi connectivity index (χ2v) is 7.35. The number of carbonyl (C=O) groups is 2. The van der Waals surface area contributed by atoms with Crippen LogP contribution in [-0.2, 0) is 9.59 Å². The predicted molar refractivity (Wildman–Crippen MR) is 84.0 cm³/mol. The Morgan fingerprint density at radius 3 is 2.55 bits per heavy atom. The number of hydrogen-bond acceptors (Lipinski definition) is 2. The number of anilines is 1. The van der Waals surface area contributed by atoms with Crippen LogP contribution >= 0.6 is 22.6 Å². The first-order chi connectivity index (χ1) is 9.53. The zero-order chi connectivity index (χ0) is 14.1. The van der Waals surface area contributed by atoms with E-state index in [2.05, 4.69) is 34.7 Å². The molecule has 2 fully saturated rings. The molecular weight excluding hydrogens is 365 g/mol. The maximum absolute atomic E-state index is 12.9. The van der Waals surface area contributed by atoms with E-state index in [0.717, 1.165) is 9.99 Å². The maximum atomic E-state index is 12.9. The molecule has 2 bridgehead atoms. The van der Waals surface area contributed by atoms with Gasteiger partial charge in [-0.05, 0) is 72.0 Å². The highest BCUT2D eigenvalue weighted by Gasteiger charge is 2.67. The molecule has 4 atom stereocenters. The van der Waals surface area contributed by atoms with Crippen molar-refractivity contribution in [3.8, 4) is 0 Å². The summed E-state index contributed by atoms with van der Waals surface area (Å²) in [4.78, 5) is 27.0. The minimum absolute atomic E-state index is 0.0180. The molecule has 2 aliphatic carbocycles. The lowest BCUT2D eigenvalue weighted by Gasteiger charge is -2.28. The molecule has 1 heterocycles. The first-order valence-corrected chi connectivity index (χ1v) is 7.93. The average Bonchev–Trinajstić information content (AvgIpc) is 3.05. The van der Waals surface area contributed by atoms with Crippen LogP contribution in [0.5, 0.6) is 0 Å². The molecule has 0 N–H and O–H groups in total. The summed E-state index contributed by atoms with van der Waals surface area (Å²) in [5.74, 6) is 0.267. The van der Waals surface area contributed by atoms with Gasteiger partial charge in [-0.1, -0.05) is 12.2 Å². The van der Waals surface area contributed by atoms with Crippen LogP contribution in [0.1, 0.15) is 13.3 Å². The predicted octanol–water partition coefficient (Wildman–Crippen LogP) is 2.99. The Morgan fingerprint density at radius 2 is 1.90 bits per heavy atom. The highest BCUT2D eigenvalue weighted by molar-refractivity contribution is 14.1. The van der Waals surface area contributed by atoms with E-state index >= 15 is 0 Å². The highest BCUT2D eigenvalue weighted by atomic mass is 127. The number of halogens is 1. The molecule has 1 aliphatic heterocycles. The third-order valence-electron chi connectivity index (χ3n) is 5.20. The molecule has 1 aromatic rings. The number of benzene rings is 1. The molecule has 0 radical (unpaired) electrons. The van der Waals surface area contributed by atoms with Crippen molar-refractivity contribution in [3.05, 3.63) is 40.0 Å². The SMILES string of the molecule is C[C@@]12C(=O)N(c3ccc(I)cc3)C(=O)[C@@H]1[C@@H]1C=C[C@@H]2C1. The van der Waals surface area contributed by atoms with Gasteiger partial charge in [-0.3, -0.25) is 9.59 Å². The second-order valence-electron chi connectivity index (χ2n) is 6.11. The zero-order valence-corrected chi connectivity index (χ0v) is 13.2. The number of rotatable bonds is 1. The Bertz CT molecular complexity index is 651. The minimum Gasteiger partial charge on any atom is -0.274 e. The van der Waals surface area contributed by atoms with E-state index < -0.39 is 5.41 Å². The molecule has 1 saturated carbocycles. The summed E-state index contributed by atoms with van der Waals surface area (Å²) >= 11 is 2.22. The van der Waals surface area contributed by atoms with Gasteiger partial charge in [0, 0.05) is 3.57 Å². The lowest BCUT2D eigenvalue weighted by molar-refractivity contribution is -0.127. The first kappa shape index (κ1) is 12.6. The Kier molecular flexibility index (Phi) is 2.47. The normalized spacial score (nSPS) is 37.9. The van der Waals surface area contributed by atoms with Gasteiger partial charge in [0.05, 0.1) is 17.0 Å². The molecule has 0 aromatic heterocycles. The quantitative estimate of drug-likeness (QED) is 0.428. The van der Waals surface area contributed by atoms with Gasteiger partial charge < -0.3 is 0 Å². The molecule has 1 aromatic carbocycles. The van der Waals surface area contributed by atoms with Crippen LogP contribution in [0.25, 0.3) is 0 Å². The summed E-state index contributed by atoms with van der Waals surface area (Å²) in [6, 6.07) is 7.58. The third kappa shape index (κ3) is 1.35. The number of amides is 2. The Hall–Kier alpha value is -1.17. The van der Waals surface area contributed by atoms with Gasteiger partial charge in [-0.2, -0.15) is 0 Å². The first-order valence-electron chi connectivity index (χ1n) is 6.86. The van der Waals surface area contributed by atoms with E-state index in [4.69, 9.17) is 0 Å². The third-order valence-corrected chi connectivity index (χ3v) is 5.92. The fourth-order valence-electron chi connectivity index (χ4n) is 4.14. The fraction of sp³-hybridized carbons (Fsp3) is 0.375. The molecule has 4 heteroatoms. The van der Waals surface area contributed by atoms with Crippen molar-refractivity contribution in [1.29, 1.82) is 0 Å². The van der Waals surface area contributed by atoms with Crippen LogP contribution < -0.4 is 4.90 Å². The van der Waals surface area contributed by atoms with E-state index in [1.807, 2.05) is 31.2 Å². The van der Waals surface area contributed by atoms with Crippen molar-refractivity contribution < 1.29 is 9.59 Å². The van der Waals surface area contributed by atoms with Crippen molar-refractivity contribution >= 4 is 40.1 Å². The van der Waals surface area contributed by atoms with Gasteiger partial charge in [0.25, 0.3) is 0 Å². The Morgan fingerprint density at radius 1 is 1.20 bits per heavy atom. The van der Waals surface area contributed by atoms with Gasteiger partial charge in [0.2, 0.25) is 11.8 Å². The molecule has 1 saturated heterocycles. The topological polar surface area (TPSA) is 37.4 Å². The molecule has 0 unspecified atom stereocenters.